The van der Waals surface area contributed by atoms with E-state index in [0.717, 1.165) is 37.5 Å². The Morgan fingerprint density at radius 1 is 0.707 bits per heavy atom. The second-order valence-electron chi connectivity index (χ2n) is 18.2. The van der Waals surface area contributed by atoms with Gasteiger partial charge in [-0.1, -0.05) is 118 Å². The van der Waals surface area contributed by atoms with Gasteiger partial charge in [0.2, 0.25) is 11.8 Å². The lowest BCUT2D eigenvalue weighted by molar-refractivity contribution is -0.156. The molecule has 3 aromatic rings. The van der Waals surface area contributed by atoms with Crippen molar-refractivity contribution >= 4 is 17.8 Å². The smallest absolute Gasteiger partial charge is 0.307 e. The van der Waals surface area contributed by atoms with E-state index in [9.17, 15) is 14.4 Å². The van der Waals surface area contributed by atoms with Crippen LogP contribution >= 0.6 is 0 Å². The summed E-state index contributed by atoms with van der Waals surface area (Å²) >= 11 is 0. The number of rotatable bonds is 18. The summed E-state index contributed by atoms with van der Waals surface area (Å²) in [4.78, 5) is 45.9. The Labute approximate surface area is 345 Å². The van der Waals surface area contributed by atoms with Gasteiger partial charge in [0.25, 0.3) is 5.91 Å². The number of hydrogen-bond acceptors (Lipinski definition) is 12. The van der Waals surface area contributed by atoms with Gasteiger partial charge in [-0.2, -0.15) is 9.97 Å². The first kappa shape index (κ1) is 46.6. The number of aromatic nitrogens is 4. The molecule has 0 saturated heterocycles. The first-order valence-electron chi connectivity index (χ1n) is 21.8. The Hall–Kier alpha value is -4.13. The predicted molar refractivity (Wildman–Crippen MR) is 221 cm³/mol. The summed E-state index contributed by atoms with van der Waals surface area (Å²) in [6, 6.07) is 8.99. The first-order chi connectivity index (χ1) is 27.7. The van der Waals surface area contributed by atoms with Gasteiger partial charge in [0.05, 0.1) is 25.9 Å². The van der Waals surface area contributed by atoms with Gasteiger partial charge in [-0.3, -0.25) is 14.4 Å². The van der Waals surface area contributed by atoms with Crippen LogP contribution in [-0.2, 0) is 32.2 Å². The van der Waals surface area contributed by atoms with Crippen LogP contribution in [0.3, 0.4) is 0 Å². The second-order valence-corrected chi connectivity index (χ2v) is 18.2. The van der Waals surface area contributed by atoms with E-state index in [1.165, 1.54) is 77.0 Å². The molecule has 0 spiro atoms. The minimum Gasteiger partial charge on any atom is -0.460 e. The lowest BCUT2D eigenvalue weighted by Gasteiger charge is -2.23. The maximum absolute atomic E-state index is 12.5. The van der Waals surface area contributed by atoms with Crippen LogP contribution in [-0.4, -0.2) is 49.3 Å². The molecule has 2 saturated carbocycles. The Morgan fingerprint density at radius 3 is 1.59 bits per heavy atom. The zero-order valence-corrected chi connectivity index (χ0v) is 36.1. The topological polar surface area (TPSA) is 186 Å². The average molecular weight is 807 g/mol. The minimum absolute atomic E-state index is 0.0914. The van der Waals surface area contributed by atoms with Crippen molar-refractivity contribution < 1.29 is 32.9 Å². The number of nitrogens with one attached hydrogen (secondary N) is 1. The number of ether oxygens (including phenoxy) is 2. The Balaban J connectivity index is 0.000000267. The van der Waals surface area contributed by atoms with Gasteiger partial charge in [-0.05, 0) is 78.4 Å². The van der Waals surface area contributed by atoms with Crippen molar-refractivity contribution in [3.05, 3.63) is 59.3 Å². The average Bonchev–Trinajstić information content (AvgIpc) is 3.87. The van der Waals surface area contributed by atoms with Crippen LogP contribution < -0.4 is 11.1 Å². The zero-order valence-electron chi connectivity index (χ0n) is 36.1. The maximum atomic E-state index is 12.5. The molecule has 0 aliphatic heterocycles. The molecule has 2 aliphatic carbocycles. The summed E-state index contributed by atoms with van der Waals surface area (Å²) in [5, 5.41) is 10.7. The molecule has 5 rings (SSSR count). The quantitative estimate of drug-likeness (QED) is 0.116. The van der Waals surface area contributed by atoms with Crippen LogP contribution in [0.1, 0.15) is 203 Å². The summed E-state index contributed by atoms with van der Waals surface area (Å²) in [5.74, 6) is 2.49. The van der Waals surface area contributed by atoms with Gasteiger partial charge in [0.15, 0.2) is 11.6 Å². The largest absolute Gasteiger partial charge is 0.460 e. The number of nitrogens with zero attached hydrogens (tertiary/aromatic N) is 4. The van der Waals surface area contributed by atoms with Crippen LogP contribution in [0, 0.1) is 11.8 Å². The van der Waals surface area contributed by atoms with E-state index in [0.29, 0.717) is 29.0 Å². The zero-order chi connectivity index (χ0) is 42.0. The van der Waals surface area contributed by atoms with Crippen molar-refractivity contribution in [2.45, 2.75) is 193 Å². The fourth-order valence-electron chi connectivity index (χ4n) is 7.92. The molecule has 0 radical (unpaired) electrons. The van der Waals surface area contributed by atoms with Gasteiger partial charge in [-0.15, -0.1) is 0 Å². The summed E-state index contributed by atoms with van der Waals surface area (Å²) in [7, 11) is 0. The Bertz CT molecular complexity index is 1650. The highest BCUT2D eigenvalue weighted by Crippen LogP contribution is 2.33. The van der Waals surface area contributed by atoms with Crippen LogP contribution in [0.25, 0.3) is 0 Å². The first-order valence-corrected chi connectivity index (χ1v) is 21.8. The molecule has 3 N–H and O–H groups in total. The molecule has 2 aromatic heterocycles. The minimum atomic E-state index is -0.536. The number of esters is 2. The molecule has 1 amide bonds. The number of carbonyl (C=O) groups is 3. The molecule has 2 heterocycles. The van der Waals surface area contributed by atoms with Crippen LogP contribution in [0.2, 0.25) is 0 Å². The molecular weight excluding hydrogens is 737 g/mol. The number of benzene rings is 1. The lowest BCUT2D eigenvalue weighted by atomic mass is 9.84. The fourth-order valence-corrected chi connectivity index (χ4v) is 7.92. The highest BCUT2D eigenvalue weighted by Gasteiger charge is 2.28. The third kappa shape index (κ3) is 17.8. The van der Waals surface area contributed by atoms with E-state index in [2.05, 4.69) is 25.6 Å². The normalized spacial score (nSPS) is 16.5. The highest BCUT2D eigenvalue weighted by atomic mass is 16.6. The molecule has 13 nitrogen and oxygen atoms in total. The van der Waals surface area contributed by atoms with Gasteiger partial charge < -0.3 is 29.6 Å². The summed E-state index contributed by atoms with van der Waals surface area (Å²) < 4.78 is 21.9. The molecule has 0 unspecified atom stereocenters. The fraction of sp³-hybridized carbons (Fsp3) is 0.711. The number of carbonyl (C=O) groups excluding carboxylic acids is 3. The molecule has 0 bridgehead atoms. The molecule has 58 heavy (non-hydrogen) atoms. The van der Waals surface area contributed by atoms with Crippen LogP contribution in [0.15, 0.2) is 39.4 Å². The monoisotopic (exact) mass is 807 g/mol. The number of amides is 1. The highest BCUT2D eigenvalue weighted by molar-refractivity contribution is 5.94. The molecule has 1 aromatic carbocycles. The van der Waals surface area contributed by atoms with Crippen LogP contribution in [0.5, 0.6) is 0 Å². The number of hydrogen-bond donors (Lipinski definition) is 2. The predicted octanol–water partition coefficient (Wildman–Crippen LogP) is 9.66. The van der Waals surface area contributed by atoms with Crippen molar-refractivity contribution in [1.82, 2.24) is 25.6 Å². The van der Waals surface area contributed by atoms with E-state index >= 15 is 0 Å². The summed E-state index contributed by atoms with van der Waals surface area (Å²) in [6.07, 6.45) is 20.0. The van der Waals surface area contributed by atoms with Gasteiger partial charge in [0.1, 0.15) is 11.2 Å². The lowest BCUT2D eigenvalue weighted by Crippen LogP contribution is -2.25. The van der Waals surface area contributed by atoms with E-state index in [1.807, 2.05) is 59.7 Å². The maximum Gasteiger partial charge on any atom is 0.307 e. The van der Waals surface area contributed by atoms with Crippen molar-refractivity contribution in [2.24, 2.45) is 17.6 Å². The molecule has 322 valence electrons. The Kier molecular flexibility index (Phi) is 18.8. The summed E-state index contributed by atoms with van der Waals surface area (Å²) in [6.45, 7) is 11.6. The summed E-state index contributed by atoms with van der Waals surface area (Å²) in [5.41, 5.74) is 5.12. The van der Waals surface area contributed by atoms with E-state index in [4.69, 9.17) is 24.3 Å². The second kappa shape index (κ2) is 23.5. The molecule has 2 aliphatic rings. The Morgan fingerprint density at radius 2 is 1.16 bits per heavy atom. The third-order valence-corrected chi connectivity index (χ3v) is 10.7. The molecule has 2 atom stereocenters. The van der Waals surface area contributed by atoms with Gasteiger partial charge >= 0.3 is 11.9 Å². The van der Waals surface area contributed by atoms with Crippen molar-refractivity contribution in [1.29, 1.82) is 0 Å². The van der Waals surface area contributed by atoms with E-state index < -0.39 is 11.2 Å². The number of nitrogens with two attached hydrogens (primary N) is 1. The third-order valence-electron chi connectivity index (χ3n) is 10.7. The van der Waals surface area contributed by atoms with Crippen molar-refractivity contribution in [3.8, 4) is 0 Å². The molecule has 13 heteroatoms. The van der Waals surface area contributed by atoms with Gasteiger partial charge in [-0.25, -0.2) is 0 Å². The molecule has 2 fully saturated rings. The van der Waals surface area contributed by atoms with E-state index in [-0.39, 0.29) is 55.6 Å². The van der Waals surface area contributed by atoms with Crippen LogP contribution in [0.4, 0.5) is 0 Å². The van der Waals surface area contributed by atoms with Crippen molar-refractivity contribution in [2.75, 3.05) is 0 Å². The standard InChI is InChI=1S/C26H37N3O4.C19H33N3O3/c1-26(2,3)32-23(30)17-21(16-10-13-19-11-6-4-7-12-19)25-28-22(29-33-25)18-27-24(31)20-14-8-5-9-15-20;1-19(2,3)24-17(23)12-15(18-21-16(13-20)22-25-18)11-7-10-14-8-5-4-6-9-14/h5,8-9,14-15,19,21H,4,6-7,10-13,16-18H2,1-3H3,(H,27,31);14-15H,4-13,20H2,1-3H3/t21-;15-/m11/s1. The van der Waals surface area contributed by atoms with Gasteiger partial charge in [0, 0.05) is 17.4 Å². The SMILES string of the molecule is CC(C)(C)OC(=O)C[C@@H](CCCC1CCCCC1)c1nc(CN)no1.CC(C)(C)OC(=O)C[C@@H](CCCC1CCCCC1)c1nc(CNC(=O)c2ccccc2)no1. The molecular formula is C45H70N6O7. The van der Waals surface area contributed by atoms with Crippen molar-refractivity contribution in [3.63, 3.8) is 0 Å². The van der Waals surface area contributed by atoms with E-state index in [1.54, 1.807) is 12.1 Å².